The monoisotopic (exact) mass is 395 g/mol. The molecule has 1 heterocycles. The van der Waals surface area contributed by atoms with Crippen LogP contribution in [0.15, 0.2) is 95.6 Å². The summed E-state index contributed by atoms with van der Waals surface area (Å²) in [5.41, 5.74) is 12.4. The Hall–Kier alpha value is -3.79. The van der Waals surface area contributed by atoms with Crippen LogP contribution < -0.4 is 16.3 Å². The molecule has 0 saturated carbocycles. The Kier molecular flexibility index (Phi) is 5.66. The van der Waals surface area contributed by atoms with Gasteiger partial charge in [0, 0.05) is 28.7 Å². The number of rotatable bonds is 5. The fourth-order valence-electron chi connectivity index (χ4n) is 3.74. The highest BCUT2D eigenvalue weighted by atomic mass is 16.5. The Labute approximate surface area is 177 Å². The van der Waals surface area contributed by atoms with Crippen LogP contribution in [0.3, 0.4) is 0 Å². The summed E-state index contributed by atoms with van der Waals surface area (Å²) in [6.07, 6.45) is 3.97. The van der Waals surface area contributed by atoms with E-state index < -0.39 is 0 Å². The van der Waals surface area contributed by atoms with Crippen molar-refractivity contribution in [3.63, 3.8) is 0 Å². The molecule has 4 rings (SSSR count). The summed E-state index contributed by atoms with van der Waals surface area (Å²) in [6, 6.07) is 26.5. The van der Waals surface area contributed by atoms with Crippen molar-refractivity contribution in [2.24, 2.45) is 16.7 Å². The van der Waals surface area contributed by atoms with Crippen LogP contribution in [-0.4, -0.2) is 5.84 Å². The van der Waals surface area contributed by atoms with Gasteiger partial charge in [0.2, 0.25) is 0 Å². The molecule has 0 saturated heterocycles. The molecule has 1 aliphatic rings. The van der Waals surface area contributed by atoms with Crippen LogP contribution in [0.4, 0.5) is 0 Å². The van der Waals surface area contributed by atoms with E-state index in [1.165, 1.54) is 11.1 Å². The fourth-order valence-corrected chi connectivity index (χ4v) is 3.74. The second-order valence-electron chi connectivity index (χ2n) is 7.19. The van der Waals surface area contributed by atoms with Crippen molar-refractivity contribution in [2.45, 2.75) is 19.8 Å². The van der Waals surface area contributed by atoms with Crippen molar-refractivity contribution in [1.82, 2.24) is 0 Å². The average Bonchev–Trinajstić information content (AvgIpc) is 2.81. The van der Waals surface area contributed by atoms with Gasteiger partial charge in [0.1, 0.15) is 17.3 Å². The Morgan fingerprint density at radius 3 is 2.33 bits per heavy atom. The van der Waals surface area contributed by atoms with E-state index in [1.54, 1.807) is 0 Å². The summed E-state index contributed by atoms with van der Waals surface area (Å²) >= 11 is 0. The number of hydrogen-bond donors (Lipinski definition) is 2. The zero-order valence-corrected chi connectivity index (χ0v) is 17.0. The summed E-state index contributed by atoms with van der Waals surface area (Å²) in [5.74, 6) is 7.42. The van der Waals surface area contributed by atoms with Crippen LogP contribution in [0.1, 0.15) is 35.6 Å². The van der Waals surface area contributed by atoms with Crippen LogP contribution in [-0.2, 0) is 6.42 Å². The second kappa shape index (κ2) is 8.70. The van der Waals surface area contributed by atoms with Gasteiger partial charge in [-0.05, 0) is 23.6 Å². The lowest BCUT2D eigenvalue weighted by Gasteiger charge is -2.27. The summed E-state index contributed by atoms with van der Waals surface area (Å²) < 4.78 is 6.44. The highest BCUT2D eigenvalue weighted by molar-refractivity contribution is 5.97. The van der Waals surface area contributed by atoms with E-state index in [0.717, 1.165) is 46.6 Å². The average molecular weight is 396 g/mol. The maximum absolute atomic E-state index is 6.44. The smallest absolute Gasteiger partial charge is 0.150 e. The van der Waals surface area contributed by atoms with E-state index in [1.807, 2.05) is 42.5 Å². The zero-order valence-electron chi connectivity index (χ0n) is 17.0. The Bertz CT molecular complexity index is 1130. The van der Waals surface area contributed by atoms with Gasteiger partial charge >= 0.3 is 0 Å². The van der Waals surface area contributed by atoms with E-state index in [0.29, 0.717) is 5.84 Å². The van der Waals surface area contributed by atoms with Crippen LogP contribution >= 0.6 is 0 Å². The molecule has 0 amide bonds. The molecule has 4 heteroatoms. The molecule has 0 spiro atoms. The molecule has 150 valence electrons. The lowest BCUT2D eigenvalue weighted by molar-refractivity contribution is 0.503. The number of benzene rings is 3. The standard InChI is InChI=1S/C26H25N3O/c1-2-8-21-22-11-6-7-12-24(22)30-25(19-9-4-3-5-10-19)23(21)17-18-13-15-20(16-14-18)26(27)29-28/h3-16H,2,17,28H2,1H3,(H2,27,29)/b21-8-. The number of allylic oxidation sites excluding steroid dienone is 3. The first-order valence-corrected chi connectivity index (χ1v) is 10.1. The molecule has 4 N–H and O–H groups in total. The van der Waals surface area contributed by atoms with Crippen molar-refractivity contribution in [2.75, 3.05) is 0 Å². The van der Waals surface area contributed by atoms with Gasteiger partial charge in [-0.1, -0.05) is 85.8 Å². The predicted octanol–water partition coefficient (Wildman–Crippen LogP) is 5.11. The first-order valence-electron chi connectivity index (χ1n) is 10.1. The van der Waals surface area contributed by atoms with Crippen LogP contribution in [0.5, 0.6) is 5.75 Å². The molecule has 0 aromatic heterocycles. The van der Waals surface area contributed by atoms with Gasteiger partial charge in [-0.2, -0.15) is 5.10 Å². The topological polar surface area (TPSA) is 73.6 Å². The first kappa shape index (κ1) is 19.5. The molecule has 1 aliphatic heterocycles. The Morgan fingerprint density at radius 1 is 0.933 bits per heavy atom. The lowest BCUT2D eigenvalue weighted by atomic mass is 9.87. The summed E-state index contributed by atoms with van der Waals surface area (Å²) in [5, 5.41) is 3.57. The second-order valence-corrected chi connectivity index (χ2v) is 7.19. The minimum Gasteiger partial charge on any atom is -0.456 e. The molecule has 3 aromatic carbocycles. The first-order chi connectivity index (χ1) is 14.7. The summed E-state index contributed by atoms with van der Waals surface area (Å²) in [7, 11) is 0. The third-order valence-electron chi connectivity index (χ3n) is 5.20. The Balaban J connectivity index is 1.82. The SMILES string of the molecule is CC/C=C1\C(Cc2ccc(/C(N)=N/N)cc2)=C(c2ccccc2)Oc2ccccc21. The number of nitrogens with zero attached hydrogens (tertiary/aromatic N) is 1. The molecule has 0 radical (unpaired) electrons. The molecule has 30 heavy (non-hydrogen) atoms. The minimum absolute atomic E-state index is 0.326. The number of hydrogen-bond acceptors (Lipinski definition) is 3. The van der Waals surface area contributed by atoms with Crippen LogP contribution in [0, 0.1) is 0 Å². The largest absolute Gasteiger partial charge is 0.456 e. The highest BCUT2D eigenvalue weighted by Crippen LogP contribution is 2.43. The third-order valence-corrected chi connectivity index (χ3v) is 5.20. The van der Waals surface area contributed by atoms with Gasteiger partial charge in [-0.25, -0.2) is 0 Å². The molecule has 0 fully saturated rings. The number of fused-ring (bicyclic) bond motifs is 1. The maximum Gasteiger partial charge on any atom is 0.150 e. The molecule has 0 bridgehead atoms. The lowest BCUT2D eigenvalue weighted by Crippen LogP contribution is -2.15. The van der Waals surface area contributed by atoms with Crippen molar-refractivity contribution in [3.8, 4) is 5.75 Å². The zero-order chi connectivity index (χ0) is 20.9. The number of nitrogens with two attached hydrogens (primary N) is 2. The molecule has 3 aromatic rings. The van der Waals surface area contributed by atoms with Crippen molar-refractivity contribution in [1.29, 1.82) is 0 Å². The van der Waals surface area contributed by atoms with E-state index in [2.05, 4.69) is 54.5 Å². The van der Waals surface area contributed by atoms with Gasteiger partial charge in [0.25, 0.3) is 0 Å². The summed E-state index contributed by atoms with van der Waals surface area (Å²) in [6.45, 7) is 2.16. The van der Waals surface area contributed by atoms with E-state index in [-0.39, 0.29) is 0 Å². The van der Waals surface area contributed by atoms with Crippen LogP contribution in [0.25, 0.3) is 11.3 Å². The normalized spacial score (nSPS) is 15.1. The minimum atomic E-state index is 0.326. The quantitative estimate of drug-likeness (QED) is 0.273. The molecule has 0 atom stereocenters. The van der Waals surface area contributed by atoms with Gasteiger partial charge in [-0.15, -0.1) is 0 Å². The van der Waals surface area contributed by atoms with E-state index in [4.69, 9.17) is 16.3 Å². The highest BCUT2D eigenvalue weighted by Gasteiger charge is 2.25. The number of ether oxygens (including phenoxy) is 1. The molecule has 4 nitrogen and oxygen atoms in total. The number of amidine groups is 1. The van der Waals surface area contributed by atoms with Crippen molar-refractivity contribution in [3.05, 3.63) is 113 Å². The van der Waals surface area contributed by atoms with Crippen molar-refractivity contribution >= 4 is 17.2 Å². The number of hydrazone groups is 1. The van der Waals surface area contributed by atoms with Gasteiger partial charge < -0.3 is 16.3 Å². The number of para-hydroxylation sites is 1. The van der Waals surface area contributed by atoms with Gasteiger partial charge in [0.15, 0.2) is 0 Å². The Morgan fingerprint density at radius 2 is 1.63 bits per heavy atom. The fraction of sp³-hybridized carbons (Fsp3) is 0.115. The molecule has 0 aliphatic carbocycles. The van der Waals surface area contributed by atoms with Crippen LogP contribution in [0.2, 0.25) is 0 Å². The predicted molar refractivity (Wildman–Crippen MR) is 124 cm³/mol. The molecule has 0 unspecified atom stereocenters. The molecular formula is C26H25N3O. The van der Waals surface area contributed by atoms with E-state index in [9.17, 15) is 0 Å². The summed E-state index contributed by atoms with van der Waals surface area (Å²) in [4.78, 5) is 0. The van der Waals surface area contributed by atoms with E-state index >= 15 is 0 Å². The third kappa shape index (κ3) is 3.85. The van der Waals surface area contributed by atoms with Gasteiger partial charge in [0.05, 0.1) is 0 Å². The maximum atomic E-state index is 6.44. The van der Waals surface area contributed by atoms with Gasteiger partial charge in [-0.3, -0.25) is 0 Å². The van der Waals surface area contributed by atoms with Crippen molar-refractivity contribution < 1.29 is 4.74 Å². The molecular weight excluding hydrogens is 370 g/mol.